The fraction of sp³-hybridized carbons (Fsp3) is 0.143. The van der Waals surface area contributed by atoms with Gasteiger partial charge in [-0.05, 0) is 0 Å². The minimum absolute atomic E-state index is 0.0173. The number of nitrogens with zero attached hydrogens (tertiary/aromatic N) is 2. The van der Waals surface area contributed by atoms with Crippen LogP contribution < -0.4 is 21.0 Å². The van der Waals surface area contributed by atoms with Crippen molar-refractivity contribution in [3.8, 4) is 6.07 Å². The van der Waals surface area contributed by atoms with Crippen LogP contribution in [0.15, 0.2) is 18.5 Å². The van der Waals surface area contributed by atoms with E-state index in [9.17, 15) is 0 Å². The predicted molar refractivity (Wildman–Crippen MR) is 53.3 cm³/mol. The first-order valence-electron chi connectivity index (χ1n) is 3.35. The predicted octanol–water partition coefficient (Wildman–Crippen LogP) is -1.24. The van der Waals surface area contributed by atoms with Gasteiger partial charge in [-0.25, -0.2) is 0 Å². The second-order valence-corrected chi connectivity index (χ2v) is 10.1. The number of hydrogen-bond acceptors (Lipinski definition) is 2. The summed E-state index contributed by atoms with van der Waals surface area (Å²) in [5.41, 5.74) is 0.671. The zero-order valence-electron chi connectivity index (χ0n) is 6.46. The van der Waals surface area contributed by atoms with Gasteiger partial charge in [-0.3, -0.25) is 0 Å². The van der Waals surface area contributed by atoms with Gasteiger partial charge in [0.05, 0.1) is 0 Å². The Kier molecular flexibility index (Phi) is 4.28. The van der Waals surface area contributed by atoms with Gasteiger partial charge >= 0.3 is 96.5 Å². The van der Waals surface area contributed by atoms with E-state index in [0.29, 0.717) is 7.99 Å². The summed E-state index contributed by atoms with van der Waals surface area (Å²) in [6.45, 7) is 2.19. The van der Waals surface area contributed by atoms with Crippen LogP contribution in [-0.4, -0.2) is 7.41 Å². The van der Waals surface area contributed by atoms with Crippen molar-refractivity contribution < 1.29 is 21.0 Å². The maximum atomic E-state index is 8.62. The Bertz CT molecular complexity index is 309. The van der Waals surface area contributed by atoms with E-state index in [4.69, 9.17) is 5.26 Å². The molecule has 0 N–H and O–H groups in total. The molecule has 0 saturated heterocycles. The summed E-state index contributed by atoms with van der Waals surface area (Å²) < 4.78 is 1.94. The Morgan fingerprint density at radius 2 is 2.42 bits per heavy atom. The van der Waals surface area contributed by atoms with E-state index in [1.807, 2.05) is 12.3 Å². The summed E-state index contributed by atoms with van der Waals surface area (Å²) in [7, 11) is 0. The molecule has 0 spiro atoms. The fourth-order valence-corrected chi connectivity index (χ4v) is 4.36. The van der Waals surface area contributed by atoms with Crippen molar-refractivity contribution in [2.24, 2.45) is 0 Å². The molecular formula is C7H6BI2N2-. The first-order valence-corrected chi connectivity index (χ1v) is 6.92. The molecule has 0 amide bonds. The molecule has 62 valence electrons. The third-order valence-corrected chi connectivity index (χ3v) is 4.86. The monoisotopic (exact) mass is 383 g/mol. The van der Waals surface area contributed by atoms with Crippen LogP contribution in [0.5, 0.6) is 0 Å². The first kappa shape index (κ1) is 10.2. The van der Waals surface area contributed by atoms with Crippen molar-refractivity contribution >= 4 is 24.8 Å². The second kappa shape index (κ2) is 5.02. The van der Waals surface area contributed by atoms with E-state index in [0.717, 1.165) is 0 Å². The Balaban J connectivity index is 2.81. The molecule has 0 fully saturated rings. The Morgan fingerprint density at radius 3 is 3.00 bits per heavy atom. The molecule has 1 rings (SSSR count). The number of pyridine rings is 1. The van der Waals surface area contributed by atoms with Gasteiger partial charge in [0.1, 0.15) is 0 Å². The van der Waals surface area contributed by atoms with Crippen LogP contribution in [0.1, 0.15) is 5.56 Å². The van der Waals surface area contributed by atoms with Crippen molar-refractivity contribution in [2.75, 3.05) is 0 Å². The third-order valence-electron chi connectivity index (χ3n) is 1.11. The molecule has 1 aromatic rings. The summed E-state index contributed by atoms with van der Waals surface area (Å²) in [4.78, 5) is 4.01. The zero-order chi connectivity index (χ0) is 8.97. The quantitative estimate of drug-likeness (QED) is 0.474. The SMILES string of the molecule is CB(I)[I-]c1cncc(C#N)c1. The molecule has 0 aliphatic rings. The standard InChI is InChI=1S/C7H6BI2N2/c1-8(9)10-7-2-6(3-11)4-12-5-7/h2,4-5H,1H3/q-1. The molecule has 0 bridgehead atoms. The third kappa shape index (κ3) is 3.27. The molecule has 12 heavy (non-hydrogen) atoms. The van der Waals surface area contributed by atoms with Crippen LogP contribution in [0.25, 0.3) is 0 Å². The summed E-state index contributed by atoms with van der Waals surface area (Å²) >= 11 is 2.43. The van der Waals surface area contributed by atoms with E-state index in [1.165, 1.54) is 3.57 Å². The van der Waals surface area contributed by atoms with Crippen LogP contribution in [0.4, 0.5) is 0 Å². The molecule has 0 radical (unpaired) electrons. The summed E-state index contributed by atoms with van der Waals surface area (Å²) in [6.07, 6.45) is 3.47. The van der Waals surface area contributed by atoms with E-state index in [2.05, 4.69) is 40.3 Å². The van der Waals surface area contributed by atoms with Crippen molar-refractivity contribution in [1.29, 1.82) is 5.26 Å². The van der Waals surface area contributed by atoms with Gasteiger partial charge in [-0.15, -0.1) is 0 Å². The van der Waals surface area contributed by atoms with Crippen molar-refractivity contribution in [3.63, 3.8) is 0 Å². The number of rotatable bonds is 2. The summed E-state index contributed by atoms with van der Waals surface area (Å²) in [5.74, 6) is 0. The molecule has 0 aromatic carbocycles. The average molecular weight is 383 g/mol. The van der Waals surface area contributed by atoms with E-state index >= 15 is 0 Å². The van der Waals surface area contributed by atoms with Gasteiger partial charge in [0.15, 0.2) is 0 Å². The van der Waals surface area contributed by atoms with Gasteiger partial charge in [0, 0.05) is 0 Å². The maximum absolute atomic E-state index is 8.62. The fourth-order valence-electron chi connectivity index (χ4n) is 0.706. The Hall–Kier alpha value is 0.165. The molecule has 0 aliphatic heterocycles. The van der Waals surface area contributed by atoms with E-state index in [-0.39, 0.29) is 21.0 Å². The van der Waals surface area contributed by atoms with Crippen LogP contribution >= 0.6 is 22.4 Å². The van der Waals surface area contributed by atoms with Crippen LogP contribution in [0.3, 0.4) is 0 Å². The molecule has 0 aliphatic carbocycles. The van der Waals surface area contributed by atoms with Crippen molar-refractivity contribution in [1.82, 2.24) is 4.98 Å². The van der Waals surface area contributed by atoms with Crippen LogP contribution in [0, 0.1) is 14.9 Å². The zero-order valence-corrected chi connectivity index (χ0v) is 10.8. The van der Waals surface area contributed by atoms with Gasteiger partial charge in [0.25, 0.3) is 0 Å². The number of hydrogen-bond donors (Lipinski definition) is 0. The molecular weight excluding hydrogens is 377 g/mol. The van der Waals surface area contributed by atoms with Gasteiger partial charge < -0.3 is 0 Å². The molecule has 2 nitrogen and oxygen atoms in total. The summed E-state index contributed by atoms with van der Waals surface area (Å²) in [5, 5.41) is 8.62. The van der Waals surface area contributed by atoms with Gasteiger partial charge in [0.2, 0.25) is 0 Å². The Morgan fingerprint density at radius 1 is 1.67 bits per heavy atom. The molecule has 1 aromatic heterocycles. The van der Waals surface area contributed by atoms with Crippen molar-refractivity contribution in [3.05, 3.63) is 27.6 Å². The van der Waals surface area contributed by atoms with E-state index < -0.39 is 0 Å². The average Bonchev–Trinajstić information content (AvgIpc) is 2.03. The molecule has 5 heteroatoms. The number of halogens is 2. The first-order chi connectivity index (χ1) is 5.72. The second-order valence-electron chi connectivity index (χ2n) is 2.13. The molecule has 1 heterocycles. The van der Waals surface area contributed by atoms with Crippen LogP contribution in [0.2, 0.25) is 6.82 Å². The molecule has 0 atom stereocenters. The minimum atomic E-state index is 0.0173. The summed E-state index contributed by atoms with van der Waals surface area (Å²) in [6, 6.07) is 4.03. The van der Waals surface area contributed by atoms with Gasteiger partial charge in [-0.1, -0.05) is 0 Å². The number of aromatic nitrogens is 1. The normalized spacial score (nSPS) is 9.42. The molecule has 0 unspecified atom stereocenters. The number of nitriles is 1. The molecule has 0 saturated carbocycles. The van der Waals surface area contributed by atoms with Crippen LogP contribution in [-0.2, 0) is 0 Å². The van der Waals surface area contributed by atoms with E-state index in [1.54, 1.807) is 6.20 Å². The van der Waals surface area contributed by atoms with Gasteiger partial charge in [-0.2, -0.15) is 0 Å². The van der Waals surface area contributed by atoms with Crippen molar-refractivity contribution in [2.45, 2.75) is 6.82 Å². The topological polar surface area (TPSA) is 36.7 Å². The Labute approximate surface area is 95.7 Å².